The Morgan fingerprint density at radius 1 is 1.24 bits per heavy atom. The fourth-order valence-corrected chi connectivity index (χ4v) is 1.87. The lowest BCUT2D eigenvalue weighted by molar-refractivity contribution is 0.192. The maximum Gasteiger partial charge on any atom is 0.235 e. The molecule has 1 aliphatic heterocycles. The highest BCUT2D eigenvalue weighted by molar-refractivity contribution is 5.74. The monoisotopic (exact) mass is 229 g/mol. The molecule has 0 saturated carbocycles. The van der Waals surface area contributed by atoms with Crippen molar-refractivity contribution in [1.29, 1.82) is 0 Å². The Hall–Kier alpha value is -1.68. The van der Waals surface area contributed by atoms with E-state index >= 15 is 0 Å². The summed E-state index contributed by atoms with van der Waals surface area (Å²) in [4.78, 5) is 8.99. The van der Waals surface area contributed by atoms with Gasteiger partial charge in [0.2, 0.25) is 5.88 Å². The number of fused-ring (bicyclic) bond motifs is 1. The summed E-state index contributed by atoms with van der Waals surface area (Å²) in [5.74, 6) is 1.28. The van der Waals surface area contributed by atoms with Crippen molar-refractivity contribution >= 4 is 11.0 Å². The van der Waals surface area contributed by atoms with E-state index in [1.165, 1.54) is 0 Å². The van der Waals surface area contributed by atoms with Crippen LogP contribution in [0.1, 0.15) is 5.69 Å². The zero-order valence-electron chi connectivity index (χ0n) is 9.81. The van der Waals surface area contributed by atoms with E-state index in [4.69, 9.17) is 4.74 Å². The molecule has 1 N–H and O–H groups in total. The lowest BCUT2D eigenvalue weighted by Gasteiger charge is -2.26. The number of aryl methyl sites for hydroxylation is 1. The SMILES string of the molecule is Cc1nc2ccccc2nc1OCC1CNC1. The van der Waals surface area contributed by atoms with E-state index < -0.39 is 0 Å². The van der Waals surface area contributed by atoms with Crippen molar-refractivity contribution in [2.45, 2.75) is 6.92 Å². The third kappa shape index (κ3) is 2.08. The molecule has 3 rings (SSSR count). The second kappa shape index (κ2) is 4.30. The number of benzene rings is 1. The summed E-state index contributed by atoms with van der Waals surface area (Å²) in [5.41, 5.74) is 2.67. The lowest BCUT2D eigenvalue weighted by atomic mass is 10.1. The molecule has 0 atom stereocenters. The second-order valence-corrected chi connectivity index (χ2v) is 4.44. The summed E-state index contributed by atoms with van der Waals surface area (Å²) >= 11 is 0. The fraction of sp³-hybridized carbons (Fsp3) is 0.385. The molecule has 17 heavy (non-hydrogen) atoms. The molecule has 4 nitrogen and oxygen atoms in total. The zero-order valence-corrected chi connectivity index (χ0v) is 9.81. The van der Waals surface area contributed by atoms with Gasteiger partial charge in [-0.15, -0.1) is 0 Å². The maximum atomic E-state index is 5.74. The number of nitrogens with one attached hydrogen (secondary N) is 1. The minimum absolute atomic E-state index is 0.614. The normalized spacial score (nSPS) is 15.8. The Morgan fingerprint density at radius 2 is 1.94 bits per heavy atom. The molecule has 2 aromatic rings. The molecule has 0 radical (unpaired) electrons. The molecule has 2 heterocycles. The molecule has 1 aliphatic rings. The highest BCUT2D eigenvalue weighted by atomic mass is 16.5. The van der Waals surface area contributed by atoms with Crippen LogP contribution in [0.5, 0.6) is 5.88 Å². The molecular weight excluding hydrogens is 214 g/mol. The molecule has 0 spiro atoms. The van der Waals surface area contributed by atoms with Crippen LogP contribution in [0.4, 0.5) is 0 Å². The number of hydrogen-bond acceptors (Lipinski definition) is 4. The highest BCUT2D eigenvalue weighted by Gasteiger charge is 2.18. The van der Waals surface area contributed by atoms with Gasteiger partial charge in [-0.3, -0.25) is 0 Å². The molecule has 1 saturated heterocycles. The lowest BCUT2D eigenvalue weighted by Crippen LogP contribution is -2.45. The van der Waals surface area contributed by atoms with Crippen LogP contribution >= 0.6 is 0 Å². The van der Waals surface area contributed by atoms with Gasteiger partial charge in [0, 0.05) is 19.0 Å². The Balaban J connectivity index is 1.84. The molecule has 0 amide bonds. The largest absolute Gasteiger partial charge is 0.476 e. The Morgan fingerprint density at radius 3 is 2.59 bits per heavy atom. The Kier molecular flexibility index (Phi) is 2.65. The summed E-state index contributed by atoms with van der Waals surface area (Å²) < 4.78 is 5.74. The van der Waals surface area contributed by atoms with Crippen molar-refractivity contribution in [3.05, 3.63) is 30.0 Å². The minimum atomic E-state index is 0.614. The van der Waals surface area contributed by atoms with Crippen LogP contribution in [0, 0.1) is 12.8 Å². The van der Waals surface area contributed by atoms with Crippen LogP contribution < -0.4 is 10.1 Å². The average molecular weight is 229 g/mol. The van der Waals surface area contributed by atoms with Crippen molar-refractivity contribution in [3.63, 3.8) is 0 Å². The molecule has 0 bridgehead atoms. The first kappa shape index (κ1) is 10.5. The summed E-state index contributed by atoms with van der Waals surface area (Å²) in [7, 11) is 0. The molecule has 1 aromatic heterocycles. The third-order valence-corrected chi connectivity index (χ3v) is 3.02. The molecule has 1 aromatic carbocycles. The summed E-state index contributed by atoms with van der Waals surface area (Å²) in [5, 5.41) is 3.23. The van der Waals surface area contributed by atoms with Crippen LogP contribution in [-0.2, 0) is 0 Å². The summed E-state index contributed by atoms with van der Waals surface area (Å²) in [6.07, 6.45) is 0. The first-order valence-electron chi connectivity index (χ1n) is 5.90. The van der Waals surface area contributed by atoms with Crippen molar-refractivity contribution < 1.29 is 4.74 Å². The van der Waals surface area contributed by atoms with Gasteiger partial charge in [0.1, 0.15) is 5.69 Å². The molecule has 88 valence electrons. The van der Waals surface area contributed by atoms with Crippen molar-refractivity contribution in [1.82, 2.24) is 15.3 Å². The highest BCUT2D eigenvalue weighted by Crippen LogP contribution is 2.18. The summed E-state index contributed by atoms with van der Waals surface area (Å²) in [6.45, 7) is 4.74. The topological polar surface area (TPSA) is 47.0 Å². The van der Waals surface area contributed by atoms with Gasteiger partial charge >= 0.3 is 0 Å². The van der Waals surface area contributed by atoms with E-state index in [1.807, 2.05) is 31.2 Å². The van der Waals surface area contributed by atoms with E-state index in [0.717, 1.165) is 36.4 Å². The van der Waals surface area contributed by atoms with E-state index in [0.29, 0.717) is 11.8 Å². The quantitative estimate of drug-likeness (QED) is 0.867. The average Bonchev–Trinajstić information content (AvgIpc) is 2.27. The number of rotatable bonds is 3. The molecular formula is C13H15N3O. The molecule has 0 unspecified atom stereocenters. The fourth-order valence-electron chi connectivity index (χ4n) is 1.87. The number of aromatic nitrogens is 2. The first-order chi connectivity index (χ1) is 8.33. The van der Waals surface area contributed by atoms with Gasteiger partial charge in [0.15, 0.2) is 0 Å². The van der Waals surface area contributed by atoms with Crippen LogP contribution in [-0.4, -0.2) is 29.7 Å². The third-order valence-electron chi connectivity index (χ3n) is 3.02. The Labute approximate surface area is 100 Å². The van der Waals surface area contributed by atoms with Gasteiger partial charge < -0.3 is 10.1 Å². The van der Waals surface area contributed by atoms with Gasteiger partial charge in [-0.05, 0) is 19.1 Å². The number of ether oxygens (including phenoxy) is 1. The van der Waals surface area contributed by atoms with Crippen LogP contribution in [0.2, 0.25) is 0 Å². The van der Waals surface area contributed by atoms with Crippen molar-refractivity contribution in [3.8, 4) is 5.88 Å². The van der Waals surface area contributed by atoms with Gasteiger partial charge in [-0.1, -0.05) is 12.1 Å². The van der Waals surface area contributed by atoms with Gasteiger partial charge in [-0.25, -0.2) is 9.97 Å². The summed E-state index contributed by atoms with van der Waals surface area (Å²) in [6, 6.07) is 7.86. The predicted molar refractivity (Wildman–Crippen MR) is 66.1 cm³/mol. The molecule has 0 aliphatic carbocycles. The number of hydrogen-bond donors (Lipinski definition) is 1. The second-order valence-electron chi connectivity index (χ2n) is 4.44. The maximum absolute atomic E-state index is 5.74. The standard InChI is InChI=1S/C13H15N3O/c1-9-13(17-8-10-6-14-7-10)16-12-5-3-2-4-11(12)15-9/h2-5,10,14H,6-8H2,1H3. The number of nitrogens with zero attached hydrogens (tertiary/aromatic N) is 2. The predicted octanol–water partition coefficient (Wildman–Crippen LogP) is 1.54. The minimum Gasteiger partial charge on any atom is -0.476 e. The van der Waals surface area contributed by atoms with Crippen molar-refractivity contribution in [2.75, 3.05) is 19.7 Å². The Bertz CT molecular complexity index is 537. The van der Waals surface area contributed by atoms with Crippen LogP contribution in [0.15, 0.2) is 24.3 Å². The van der Waals surface area contributed by atoms with Gasteiger partial charge in [0.05, 0.1) is 17.6 Å². The van der Waals surface area contributed by atoms with E-state index in [2.05, 4.69) is 15.3 Å². The smallest absolute Gasteiger partial charge is 0.235 e. The molecule has 4 heteroatoms. The van der Waals surface area contributed by atoms with Crippen LogP contribution in [0.3, 0.4) is 0 Å². The van der Waals surface area contributed by atoms with E-state index in [9.17, 15) is 0 Å². The van der Waals surface area contributed by atoms with Gasteiger partial charge in [-0.2, -0.15) is 0 Å². The first-order valence-corrected chi connectivity index (χ1v) is 5.90. The van der Waals surface area contributed by atoms with E-state index in [-0.39, 0.29) is 0 Å². The van der Waals surface area contributed by atoms with Crippen molar-refractivity contribution in [2.24, 2.45) is 5.92 Å². The molecule has 1 fully saturated rings. The van der Waals surface area contributed by atoms with Gasteiger partial charge in [0.25, 0.3) is 0 Å². The van der Waals surface area contributed by atoms with Crippen LogP contribution in [0.25, 0.3) is 11.0 Å². The van der Waals surface area contributed by atoms with E-state index in [1.54, 1.807) is 0 Å². The number of para-hydroxylation sites is 2. The zero-order chi connectivity index (χ0) is 11.7.